The van der Waals surface area contributed by atoms with E-state index in [0.717, 1.165) is 18.4 Å². The highest BCUT2D eigenvalue weighted by Crippen LogP contribution is 2.38. The topological polar surface area (TPSA) is 107 Å². The van der Waals surface area contributed by atoms with Gasteiger partial charge in [-0.2, -0.15) is 0 Å². The number of anilines is 2. The lowest BCUT2D eigenvalue weighted by Crippen LogP contribution is -2.11. The van der Waals surface area contributed by atoms with E-state index >= 15 is 0 Å². The Balaban J connectivity index is 2.26. The van der Waals surface area contributed by atoms with Crippen LogP contribution in [0, 0.1) is 0 Å². The van der Waals surface area contributed by atoms with Crippen LogP contribution in [0.3, 0.4) is 0 Å². The molecule has 6 nitrogen and oxygen atoms in total. The van der Waals surface area contributed by atoms with E-state index < -0.39 is 5.91 Å². The van der Waals surface area contributed by atoms with Crippen molar-refractivity contribution < 1.29 is 4.79 Å². The molecule has 5 N–H and O–H groups in total. The van der Waals surface area contributed by atoms with E-state index in [0.29, 0.717) is 38.5 Å². The molecule has 0 atom stereocenters. The van der Waals surface area contributed by atoms with Crippen molar-refractivity contribution in [1.82, 2.24) is 9.97 Å². The fraction of sp³-hybridized carbons (Fsp3) is 0.278. The van der Waals surface area contributed by atoms with E-state index in [1.165, 1.54) is 11.3 Å². The van der Waals surface area contributed by atoms with Gasteiger partial charge in [-0.25, -0.2) is 9.97 Å². The molecule has 130 valence electrons. The van der Waals surface area contributed by atoms with Crippen LogP contribution in [0.2, 0.25) is 0 Å². The first-order valence-electron chi connectivity index (χ1n) is 8.17. The predicted molar refractivity (Wildman–Crippen MR) is 105 cm³/mol. The minimum absolute atomic E-state index is 0.319. The summed E-state index contributed by atoms with van der Waals surface area (Å²) in [6, 6.07) is 0.419. The predicted octanol–water partition coefficient (Wildman–Crippen LogP) is 3.48. The van der Waals surface area contributed by atoms with Gasteiger partial charge >= 0.3 is 0 Å². The quantitative estimate of drug-likeness (QED) is 0.688. The molecule has 0 aliphatic heterocycles. The number of primary amides is 1. The second-order valence-corrected chi connectivity index (χ2v) is 6.85. The third-order valence-corrected chi connectivity index (χ3v) is 4.92. The molecule has 25 heavy (non-hydrogen) atoms. The molecule has 3 rings (SSSR count). The van der Waals surface area contributed by atoms with Crippen molar-refractivity contribution in [3.63, 3.8) is 0 Å². The number of hydrogen-bond acceptors (Lipinski definition) is 6. The van der Waals surface area contributed by atoms with Crippen molar-refractivity contribution in [2.75, 3.05) is 11.1 Å². The first-order valence-corrected chi connectivity index (χ1v) is 8.99. The Hall–Kier alpha value is -2.67. The highest BCUT2D eigenvalue weighted by Gasteiger charge is 2.25. The minimum Gasteiger partial charge on any atom is -0.397 e. The van der Waals surface area contributed by atoms with Gasteiger partial charge in [0, 0.05) is 11.6 Å². The summed E-state index contributed by atoms with van der Waals surface area (Å²) in [5.74, 6) is 0.00585. The number of nitrogen functional groups attached to an aromatic ring is 1. The molecule has 1 saturated carbocycles. The van der Waals surface area contributed by atoms with Gasteiger partial charge in [0.2, 0.25) is 5.95 Å². The van der Waals surface area contributed by atoms with E-state index in [-0.39, 0.29) is 0 Å². The van der Waals surface area contributed by atoms with Crippen molar-refractivity contribution in [2.24, 2.45) is 5.73 Å². The number of hydrogen-bond donors (Lipinski definition) is 3. The van der Waals surface area contributed by atoms with Crippen LogP contribution >= 0.6 is 11.3 Å². The molecule has 2 heterocycles. The molecule has 0 unspecified atom stereocenters. The summed E-state index contributed by atoms with van der Waals surface area (Å²) in [4.78, 5) is 21.9. The molecule has 2 aromatic rings. The Bertz CT molecular complexity index is 906. The van der Waals surface area contributed by atoms with Crippen LogP contribution in [0.5, 0.6) is 0 Å². The van der Waals surface area contributed by atoms with Gasteiger partial charge in [0.15, 0.2) is 0 Å². The first-order chi connectivity index (χ1) is 12.0. The lowest BCUT2D eigenvalue weighted by atomic mass is 10.1. The maximum absolute atomic E-state index is 11.7. The normalized spacial score (nSPS) is 15.5. The summed E-state index contributed by atoms with van der Waals surface area (Å²) in [5, 5.41) is 3.99. The molecule has 0 aromatic carbocycles. The molecule has 0 saturated heterocycles. The van der Waals surface area contributed by atoms with E-state index in [9.17, 15) is 4.79 Å². The highest BCUT2D eigenvalue weighted by molar-refractivity contribution is 7.21. The van der Waals surface area contributed by atoms with Crippen LogP contribution in [-0.2, 0) is 0 Å². The van der Waals surface area contributed by atoms with Crippen LogP contribution in [0.4, 0.5) is 11.6 Å². The van der Waals surface area contributed by atoms with E-state index in [2.05, 4.69) is 15.3 Å². The van der Waals surface area contributed by atoms with E-state index in [1.807, 2.05) is 44.2 Å². The van der Waals surface area contributed by atoms with E-state index in [4.69, 9.17) is 11.5 Å². The zero-order valence-electron chi connectivity index (χ0n) is 14.2. The van der Waals surface area contributed by atoms with Crippen LogP contribution in [0.15, 0.2) is 30.4 Å². The highest BCUT2D eigenvalue weighted by atomic mass is 32.1. The number of nitrogens with two attached hydrogens (primary N) is 2. The van der Waals surface area contributed by atoms with Gasteiger partial charge < -0.3 is 16.8 Å². The minimum atomic E-state index is -0.548. The molecule has 1 aliphatic rings. The third kappa shape index (κ3) is 3.56. The molecule has 1 fully saturated rings. The number of thiophene rings is 1. The number of aromatic nitrogens is 2. The monoisotopic (exact) mass is 355 g/mol. The number of fused-ring (bicyclic) bond motifs is 1. The lowest BCUT2D eigenvalue weighted by Gasteiger charge is -2.09. The van der Waals surface area contributed by atoms with Gasteiger partial charge in [0.1, 0.15) is 9.71 Å². The van der Waals surface area contributed by atoms with Crippen LogP contribution in [0.1, 0.15) is 42.1 Å². The van der Waals surface area contributed by atoms with Gasteiger partial charge in [-0.15, -0.1) is 11.3 Å². The summed E-state index contributed by atoms with van der Waals surface area (Å²) in [5.41, 5.74) is 13.6. The average molecular weight is 355 g/mol. The van der Waals surface area contributed by atoms with Crippen LogP contribution in [0.25, 0.3) is 15.8 Å². The number of nitrogens with zero attached hydrogens (tertiary/aromatic N) is 2. The Morgan fingerprint density at radius 3 is 2.64 bits per heavy atom. The fourth-order valence-corrected chi connectivity index (χ4v) is 3.43. The van der Waals surface area contributed by atoms with E-state index in [1.54, 1.807) is 0 Å². The van der Waals surface area contributed by atoms with Crippen molar-refractivity contribution in [3.8, 4) is 0 Å². The summed E-state index contributed by atoms with van der Waals surface area (Å²) in [6.07, 6.45) is 12.0. The summed E-state index contributed by atoms with van der Waals surface area (Å²) in [7, 11) is 0. The number of allylic oxidation sites excluding steroid dienone is 6. The second kappa shape index (κ2) is 7.06. The molecule has 2 aromatic heterocycles. The van der Waals surface area contributed by atoms with Gasteiger partial charge in [-0.1, -0.05) is 30.4 Å². The standard InChI is InChI=1S/C18H21N5OS/c1-3-5-7-10(6-4-2)14-12-13(19)15(16(20)24)25-17(12)23-18(22-14)21-11-8-9-11/h3-7,11H,8-9,19H2,1-2H3,(H2,20,24)(H,21,22,23)/b5-3?,6-4-,10-7+. The van der Waals surface area contributed by atoms with Crippen LogP contribution < -0.4 is 16.8 Å². The summed E-state index contributed by atoms with van der Waals surface area (Å²) in [6.45, 7) is 3.89. The first kappa shape index (κ1) is 17.2. The molecule has 1 amide bonds. The third-order valence-electron chi connectivity index (χ3n) is 3.81. The zero-order chi connectivity index (χ0) is 18.0. The molecule has 1 aliphatic carbocycles. The maximum Gasteiger partial charge on any atom is 0.260 e. The molecular formula is C18H21N5OS. The summed E-state index contributed by atoms with van der Waals surface area (Å²) >= 11 is 1.21. The van der Waals surface area contributed by atoms with Gasteiger partial charge in [0.05, 0.1) is 16.8 Å². The molecule has 0 bridgehead atoms. The number of carbonyl (C=O) groups is 1. The second-order valence-electron chi connectivity index (χ2n) is 5.85. The SMILES string of the molecule is CC=C/C=C(\C=C/C)c1nc(NC2CC2)nc2sc(C(N)=O)c(N)c12. The van der Waals surface area contributed by atoms with Gasteiger partial charge in [-0.3, -0.25) is 4.79 Å². The van der Waals surface area contributed by atoms with Crippen molar-refractivity contribution in [2.45, 2.75) is 32.7 Å². The zero-order valence-corrected chi connectivity index (χ0v) is 15.1. The van der Waals surface area contributed by atoms with Crippen molar-refractivity contribution >= 4 is 44.7 Å². The molecular weight excluding hydrogens is 334 g/mol. The lowest BCUT2D eigenvalue weighted by molar-refractivity contribution is 0.100. The molecule has 0 radical (unpaired) electrons. The fourth-order valence-electron chi connectivity index (χ4n) is 2.48. The Labute approximate surface area is 150 Å². The van der Waals surface area contributed by atoms with Gasteiger partial charge in [0.25, 0.3) is 5.91 Å². The summed E-state index contributed by atoms with van der Waals surface area (Å²) < 4.78 is 0. The Kier molecular flexibility index (Phi) is 4.85. The van der Waals surface area contributed by atoms with Crippen molar-refractivity contribution in [1.29, 1.82) is 0 Å². The van der Waals surface area contributed by atoms with Gasteiger partial charge in [-0.05, 0) is 26.7 Å². The average Bonchev–Trinajstić information content (AvgIpc) is 3.32. The maximum atomic E-state index is 11.7. The largest absolute Gasteiger partial charge is 0.397 e. The van der Waals surface area contributed by atoms with Crippen LogP contribution in [-0.4, -0.2) is 21.9 Å². The number of nitrogens with one attached hydrogen (secondary N) is 1. The number of carbonyl (C=O) groups excluding carboxylic acids is 1. The smallest absolute Gasteiger partial charge is 0.260 e. The number of rotatable bonds is 6. The van der Waals surface area contributed by atoms with Crippen molar-refractivity contribution in [3.05, 3.63) is 41.0 Å². The molecule has 0 spiro atoms. The Morgan fingerprint density at radius 2 is 2.04 bits per heavy atom. The number of amides is 1. The molecule has 7 heteroatoms. The Morgan fingerprint density at radius 1 is 1.28 bits per heavy atom.